The van der Waals surface area contributed by atoms with Gasteiger partial charge in [0.1, 0.15) is 5.75 Å². The lowest BCUT2D eigenvalue weighted by Gasteiger charge is -2.12. The number of carbonyl (C=O) groups is 1. The molecule has 1 N–H and O–H groups in total. The molecule has 0 aliphatic rings. The number of nitrogens with one attached hydrogen (secondary N) is 1. The van der Waals surface area contributed by atoms with Gasteiger partial charge in [-0.05, 0) is 42.1 Å². The maximum Gasteiger partial charge on any atom is 0.269 e. The maximum atomic E-state index is 12.3. The van der Waals surface area contributed by atoms with Crippen molar-refractivity contribution in [2.24, 2.45) is 7.05 Å². The molecule has 8 nitrogen and oxygen atoms in total. The fraction of sp³-hybridized carbons (Fsp3) is 0.158. The number of ether oxygens (including phenoxy) is 1. The molecule has 0 aliphatic heterocycles. The summed E-state index contributed by atoms with van der Waals surface area (Å²) in [7, 11) is 1.89. The number of carbonyl (C=O) groups excluding carboxylic acids is 1. The largest absolute Gasteiger partial charge is 0.493 e. The van der Waals surface area contributed by atoms with Gasteiger partial charge in [-0.25, -0.2) is 4.98 Å². The lowest BCUT2D eigenvalue weighted by atomic mass is 10.3. The van der Waals surface area contributed by atoms with Crippen molar-refractivity contribution in [1.82, 2.24) is 9.55 Å². The van der Waals surface area contributed by atoms with Gasteiger partial charge < -0.3 is 14.6 Å². The highest BCUT2D eigenvalue weighted by Gasteiger charge is 2.12. The number of aromatic nitrogens is 2. The average molecular weight is 433 g/mol. The smallest absolute Gasteiger partial charge is 0.269 e. The van der Waals surface area contributed by atoms with Gasteiger partial charge in [0.2, 0.25) is 5.91 Å². The van der Waals surface area contributed by atoms with Gasteiger partial charge in [0, 0.05) is 41.5 Å². The SMILES string of the molecule is Cn1ccnc1Sc1ccc(Cl)cc1NC(=O)CCOc1ccc([N+](=O)[O-])cc1. The molecule has 2 aromatic carbocycles. The summed E-state index contributed by atoms with van der Waals surface area (Å²) in [6.07, 6.45) is 3.65. The Hall–Kier alpha value is -3.04. The van der Waals surface area contributed by atoms with E-state index in [1.165, 1.54) is 36.0 Å². The second-order valence-electron chi connectivity index (χ2n) is 5.96. The molecule has 0 spiro atoms. The Kier molecular flexibility index (Phi) is 6.73. The second-order valence-corrected chi connectivity index (χ2v) is 7.41. The molecule has 10 heteroatoms. The molecule has 0 fully saturated rings. The zero-order chi connectivity index (χ0) is 20.8. The van der Waals surface area contributed by atoms with Gasteiger partial charge >= 0.3 is 0 Å². The van der Waals surface area contributed by atoms with Gasteiger partial charge in [0.25, 0.3) is 5.69 Å². The summed E-state index contributed by atoms with van der Waals surface area (Å²) in [4.78, 5) is 27.6. The van der Waals surface area contributed by atoms with E-state index in [1.807, 2.05) is 23.9 Å². The maximum absolute atomic E-state index is 12.3. The van der Waals surface area contributed by atoms with Crippen molar-refractivity contribution >= 4 is 40.6 Å². The number of aryl methyl sites for hydroxylation is 1. The van der Waals surface area contributed by atoms with Crippen LogP contribution in [0.5, 0.6) is 5.75 Å². The van der Waals surface area contributed by atoms with Crippen LogP contribution in [-0.2, 0) is 11.8 Å². The number of imidazole rings is 1. The predicted octanol–water partition coefficient (Wildman–Crippen LogP) is 4.54. The minimum atomic E-state index is -0.483. The first kappa shape index (κ1) is 20.7. The molecule has 1 amide bonds. The summed E-state index contributed by atoms with van der Waals surface area (Å²) in [5.41, 5.74) is 0.569. The number of halogens is 1. The van der Waals surface area contributed by atoms with Crippen molar-refractivity contribution in [1.29, 1.82) is 0 Å². The Morgan fingerprint density at radius 3 is 2.72 bits per heavy atom. The Morgan fingerprint density at radius 2 is 2.07 bits per heavy atom. The molecule has 1 aromatic heterocycles. The van der Waals surface area contributed by atoms with E-state index >= 15 is 0 Å². The third kappa shape index (κ3) is 5.72. The minimum Gasteiger partial charge on any atom is -0.493 e. The fourth-order valence-corrected chi connectivity index (χ4v) is 3.42. The number of hydrogen-bond acceptors (Lipinski definition) is 6. The summed E-state index contributed by atoms with van der Waals surface area (Å²) in [5.74, 6) is 0.216. The van der Waals surface area contributed by atoms with Crippen molar-refractivity contribution in [3.05, 3.63) is 70.0 Å². The summed E-state index contributed by atoms with van der Waals surface area (Å²) < 4.78 is 7.35. The van der Waals surface area contributed by atoms with Crippen LogP contribution in [0.25, 0.3) is 0 Å². The van der Waals surface area contributed by atoms with Gasteiger partial charge in [-0.2, -0.15) is 0 Å². The Balaban J connectivity index is 1.58. The van der Waals surface area contributed by atoms with E-state index in [-0.39, 0.29) is 24.6 Å². The average Bonchev–Trinajstić information content (AvgIpc) is 3.09. The monoisotopic (exact) mass is 432 g/mol. The van der Waals surface area contributed by atoms with Crippen LogP contribution in [0.2, 0.25) is 5.02 Å². The number of amides is 1. The molecule has 0 unspecified atom stereocenters. The predicted molar refractivity (Wildman–Crippen MR) is 111 cm³/mol. The number of rotatable bonds is 8. The number of nitro benzene ring substituents is 1. The van der Waals surface area contributed by atoms with Crippen LogP contribution in [0, 0.1) is 10.1 Å². The number of benzene rings is 2. The second kappa shape index (κ2) is 9.44. The van der Waals surface area contributed by atoms with Crippen molar-refractivity contribution < 1.29 is 14.5 Å². The van der Waals surface area contributed by atoms with Crippen LogP contribution in [-0.4, -0.2) is 27.0 Å². The highest BCUT2D eigenvalue weighted by atomic mass is 35.5. The van der Waals surface area contributed by atoms with E-state index in [1.54, 1.807) is 18.3 Å². The summed E-state index contributed by atoms with van der Waals surface area (Å²) in [6.45, 7) is 0.131. The lowest BCUT2D eigenvalue weighted by Crippen LogP contribution is -2.15. The van der Waals surface area contributed by atoms with E-state index in [9.17, 15) is 14.9 Å². The topological polar surface area (TPSA) is 99.3 Å². The lowest BCUT2D eigenvalue weighted by molar-refractivity contribution is -0.384. The Labute approximate surface area is 176 Å². The first-order valence-corrected chi connectivity index (χ1v) is 9.73. The van der Waals surface area contributed by atoms with E-state index < -0.39 is 4.92 Å². The molecule has 1 heterocycles. The molecule has 150 valence electrons. The van der Waals surface area contributed by atoms with Gasteiger partial charge in [-0.3, -0.25) is 14.9 Å². The summed E-state index contributed by atoms with van der Waals surface area (Å²) in [5, 5.41) is 14.8. The first-order chi connectivity index (χ1) is 13.9. The summed E-state index contributed by atoms with van der Waals surface area (Å²) in [6, 6.07) is 10.9. The Morgan fingerprint density at radius 1 is 1.31 bits per heavy atom. The Bertz CT molecular complexity index is 1020. The first-order valence-electron chi connectivity index (χ1n) is 8.54. The van der Waals surface area contributed by atoms with E-state index in [4.69, 9.17) is 16.3 Å². The third-order valence-corrected chi connectivity index (χ3v) is 5.23. The van der Waals surface area contributed by atoms with Crippen LogP contribution >= 0.6 is 23.4 Å². The zero-order valence-corrected chi connectivity index (χ0v) is 16.9. The molecular formula is C19H17ClN4O4S. The third-order valence-electron chi connectivity index (χ3n) is 3.84. The minimum absolute atomic E-state index is 0.0196. The number of anilines is 1. The summed E-state index contributed by atoms with van der Waals surface area (Å²) >= 11 is 7.49. The van der Waals surface area contributed by atoms with Gasteiger partial charge in [-0.1, -0.05) is 11.6 Å². The highest BCUT2D eigenvalue weighted by molar-refractivity contribution is 7.99. The molecule has 0 radical (unpaired) electrons. The quantitative estimate of drug-likeness (QED) is 0.414. The van der Waals surface area contributed by atoms with Crippen LogP contribution in [0.4, 0.5) is 11.4 Å². The van der Waals surface area contributed by atoms with Crippen LogP contribution in [0.1, 0.15) is 6.42 Å². The molecule has 0 bridgehead atoms. The van der Waals surface area contributed by atoms with Crippen molar-refractivity contribution in [3.63, 3.8) is 0 Å². The molecule has 3 rings (SSSR count). The van der Waals surface area contributed by atoms with Crippen LogP contribution in [0.15, 0.2) is 64.9 Å². The van der Waals surface area contributed by atoms with Gasteiger partial charge in [0.05, 0.1) is 23.6 Å². The molecule has 3 aromatic rings. The van der Waals surface area contributed by atoms with Crippen molar-refractivity contribution in [3.8, 4) is 5.75 Å². The number of nitrogens with zero attached hydrogens (tertiary/aromatic N) is 3. The zero-order valence-electron chi connectivity index (χ0n) is 15.4. The normalized spacial score (nSPS) is 10.6. The number of hydrogen-bond donors (Lipinski definition) is 1. The van der Waals surface area contributed by atoms with Gasteiger partial charge in [-0.15, -0.1) is 0 Å². The molecule has 0 saturated carbocycles. The molecule has 0 saturated heterocycles. The number of non-ortho nitro benzene ring substituents is 1. The molecule has 29 heavy (non-hydrogen) atoms. The molecule has 0 aliphatic carbocycles. The van der Waals surface area contributed by atoms with Gasteiger partial charge in [0.15, 0.2) is 5.16 Å². The van der Waals surface area contributed by atoms with E-state index in [2.05, 4.69) is 10.3 Å². The van der Waals surface area contributed by atoms with Crippen LogP contribution < -0.4 is 10.1 Å². The van der Waals surface area contributed by atoms with Crippen molar-refractivity contribution in [2.75, 3.05) is 11.9 Å². The standard InChI is InChI=1S/C19H17ClN4O4S/c1-23-10-9-21-19(23)29-17-7-2-13(20)12-16(17)22-18(25)8-11-28-15-5-3-14(4-6-15)24(26)27/h2-7,9-10,12H,8,11H2,1H3,(H,22,25). The van der Waals surface area contributed by atoms with E-state index in [0.717, 1.165) is 10.1 Å². The highest BCUT2D eigenvalue weighted by Crippen LogP contribution is 2.34. The van der Waals surface area contributed by atoms with Crippen LogP contribution in [0.3, 0.4) is 0 Å². The fourth-order valence-electron chi connectivity index (χ4n) is 2.38. The number of nitro groups is 1. The van der Waals surface area contributed by atoms with E-state index in [0.29, 0.717) is 16.5 Å². The molecular weight excluding hydrogens is 416 g/mol. The molecule has 0 atom stereocenters. The van der Waals surface area contributed by atoms with Crippen molar-refractivity contribution in [2.45, 2.75) is 16.5 Å².